The van der Waals surface area contributed by atoms with Gasteiger partial charge in [0.2, 0.25) is 0 Å². The van der Waals surface area contributed by atoms with E-state index in [-0.39, 0.29) is 0 Å². The monoisotopic (exact) mass is 279 g/mol. The van der Waals surface area contributed by atoms with E-state index in [4.69, 9.17) is 0 Å². The van der Waals surface area contributed by atoms with Crippen LogP contribution in [0.4, 0.5) is 0 Å². The van der Waals surface area contributed by atoms with Gasteiger partial charge in [-0.2, -0.15) is 0 Å². The van der Waals surface area contributed by atoms with Gasteiger partial charge in [-0.05, 0) is 68.4 Å². The third kappa shape index (κ3) is 4.23. The molecule has 2 aliphatic carbocycles. The largest absolute Gasteiger partial charge is 0.317 e. The van der Waals surface area contributed by atoms with Crippen LogP contribution in [-0.4, -0.2) is 13.1 Å². The fraction of sp³-hybridized carbons (Fsp3) is 1.00. The molecule has 0 aromatic heterocycles. The van der Waals surface area contributed by atoms with Crippen LogP contribution in [0.3, 0.4) is 0 Å². The van der Waals surface area contributed by atoms with Crippen LogP contribution in [0, 0.1) is 29.6 Å². The summed E-state index contributed by atoms with van der Waals surface area (Å²) in [5, 5.41) is 3.64. The molecule has 1 N–H and O–H groups in total. The minimum atomic E-state index is 0.973. The standard InChI is InChI=1S/C19H37N/c1-4-15-7-10-17(11-8-15)19-13-16(5-2)9-12-18(19)14-20-6-3/h15-20H,4-14H2,1-3H3. The van der Waals surface area contributed by atoms with Crippen LogP contribution in [0.15, 0.2) is 0 Å². The van der Waals surface area contributed by atoms with E-state index >= 15 is 0 Å². The molecule has 1 heteroatoms. The van der Waals surface area contributed by atoms with E-state index in [1.165, 1.54) is 64.3 Å². The lowest BCUT2D eigenvalue weighted by Gasteiger charge is -2.43. The molecule has 2 aliphatic rings. The Morgan fingerprint density at radius 1 is 0.800 bits per heavy atom. The Morgan fingerprint density at radius 2 is 1.45 bits per heavy atom. The van der Waals surface area contributed by atoms with Crippen molar-refractivity contribution in [2.24, 2.45) is 29.6 Å². The number of hydrogen-bond acceptors (Lipinski definition) is 1. The maximum Gasteiger partial charge on any atom is -0.00179 e. The summed E-state index contributed by atoms with van der Waals surface area (Å²) < 4.78 is 0. The first kappa shape index (κ1) is 16.3. The maximum absolute atomic E-state index is 3.64. The van der Waals surface area contributed by atoms with Crippen LogP contribution in [-0.2, 0) is 0 Å². The van der Waals surface area contributed by atoms with E-state index in [1.54, 1.807) is 0 Å². The molecule has 2 rings (SSSR count). The molecule has 0 aromatic carbocycles. The molecule has 3 unspecified atom stereocenters. The maximum atomic E-state index is 3.64. The molecule has 2 fully saturated rings. The topological polar surface area (TPSA) is 12.0 Å². The molecule has 0 radical (unpaired) electrons. The van der Waals surface area contributed by atoms with Crippen LogP contribution >= 0.6 is 0 Å². The highest BCUT2D eigenvalue weighted by molar-refractivity contribution is 4.87. The van der Waals surface area contributed by atoms with E-state index in [2.05, 4.69) is 26.1 Å². The van der Waals surface area contributed by atoms with Crippen LogP contribution in [0.1, 0.15) is 78.6 Å². The zero-order chi connectivity index (χ0) is 14.4. The second kappa shape index (κ2) is 8.41. The normalized spacial score (nSPS) is 38.9. The summed E-state index contributed by atoms with van der Waals surface area (Å²) in [5.74, 6) is 5.13. The summed E-state index contributed by atoms with van der Waals surface area (Å²) in [5.41, 5.74) is 0. The first-order chi connectivity index (χ1) is 9.78. The van der Waals surface area contributed by atoms with Crippen LogP contribution < -0.4 is 5.32 Å². The van der Waals surface area contributed by atoms with Crippen molar-refractivity contribution in [3.8, 4) is 0 Å². The summed E-state index contributed by atoms with van der Waals surface area (Å²) in [7, 11) is 0. The molecular formula is C19H37N. The van der Waals surface area contributed by atoms with Gasteiger partial charge in [0.1, 0.15) is 0 Å². The van der Waals surface area contributed by atoms with Crippen LogP contribution in [0.2, 0.25) is 0 Å². The lowest BCUT2D eigenvalue weighted by atomic mass is 9.63. The van der Waals surface area contributed by atoms with Gasteiger partial charge < -0.3 is 5.32 Å². The molecule has 0 amide bonds. The number of hydrogen-bond donors (Lipinski definition) is 1. The summed E-state index contributed by atoms with van der Waals surface area (Å²) in [6, 6.07) is 0. The number of rotatable bonds is 6. The molecule has 0 heterocycles. The van der Waals surface area contributed by atoms with Gasteiger partial charge in [0, 0.05) is 0 Å². The Bertz CT molecular complexity index is 254. The van der Waals surface area contributed by atoms with Gasteiger partial charge in [-0.3, -0.25) is 0 Å². The van der Waals surface area contributed by atoms with Crippen molar-refractivity contribution in [2.45, 2.75) is 78.6 Å². The minimum absolute atomic E-state index is 0.973. The van der Waals surface area contributed by atoms with Gasteiger partial charge in [0.15, 0.2) is 0 Å². The molecule has 0 aromatic rings. The van der Waals surface area contributed by atoms with Gasteiger partial charge in [-0.15, -0.1) is 0 Å². The van der Waals surface area contributed by atoms with E-state index in [0.717, 1.165) is 36.1 Å². The first-order valence-electron chi connectivity index (χ1n) is 9.49. The molecule has 2 saturated carbocycles. The Labute approximate surface area is 127 Å². The fourth-order valence-corrected chi connectivity index (χ4v) is 4.91. The highest BCUT2D eigenvalue weighted by atomic mass is 14.8. The van der Waals surface area contributed by atoms with E-state index < -0.39 is 0 Å². The first-order valence-corrected chi connectivity index (χ1v) is 9.49. The molecular weight excluding hydrogens is 242 g/mol. The summed E-state index contributed by atoms with van der Waals surface area (Å²) >= 11 is 0. The molecule has 3 atom stereocenters. The van der Waals surface area contributed by atoms with Crippen LogP contribution in [0.5, 0.6) is 0 Å². The predicted octanol–water partition coefficient (Wildman–Crippen LogP) is 5.25. The summed E-state index contributed by atoms with van der Waals surface area (Å²) in [6.45, 7) is 9.46. The molecule has 0 spiro atoms. The highest BCUT2D eigenvalue weighted by Crippen LogP contribution is 2.45. The lowest BCUT2D eigenvalue weighted by molar-refractivity contribution is 0.0824. The third-order valence-electron chi connectivity index (χ3n) is 6.46. The molecule has 118 valence electrons. The van der Waals surface area contributed by atoms with Crippen molar-refractivity contribution < 1.29 is 0 Å². The SMILES string of the molecule is CCNCC1CCC(CC)CC1C1CCC(CC)CC1. The Hall–Kier alpha value is -0.0400. The van der Waals surface area contributed by atoms with Crippen molar-refractivity contribution in [3.63, 3.8) is 0 Å². The van der Waals surface area contributed by atoms with E-state index in [9.17, 15) is 0 Å². The van der Waals surface area contributed by atoms with Gasteiger partial charge in [-0.25, -0.2) is 0 Å². The van der Waals surface area contributed by atoms with Crippen molar-refractivity contribution in [3.05, 3.63) is 0 Å². The quantitative estimate of drug-likeness (QED) is 0.700. The zero-order valence-corrected chi connectivity index (χ0v) is 14.2. The molecule has 0 saturated heterocycles. The average Bonchev–Trinajstić information content (AvgIpc) is 2.53. The zero-order valence-electron chi connectivity index (χ0n) is 14.2. The van der Waals surface area contributed by atoms with Gasteiger partial charge in [0.05, 0.1) is 0 Å². The van der Waals surface area contributed by atoms with E-state index in [1.807, 2.05) is 0 Å². The van der Waals surface area contributed by atoms with Crippen molar-refractivity contribution in [1.82, 2.24) is 5.32 Å². The fourth-order valence-electron chi connectivity index (χ4n) is 4.91. The molecule has 0 aliphatic heterocycles. The predicted molar refractivity (Wildman–Crippen MR) is 88.9 cm³/mol. The van der Waals surface area contributed by atoms with Crippen molar-refractivity contribution in [2.75, 3.05) is 13.1 Å². The second-order valence-corrected chi connectivity index (χ2v) is 7.51. The number of nitrogens with one attached hydrogen (secondary N) is 1. The average molecular weight is 280 g/mol. The smallest absolute Gasteiger partial charge is 0.00179 e. The Balaban J connectivity index is 1.92. The van der Waals surface area contributed by atoms with E-state index in [0.29, 0.717) is 0 Å². The third-order valence-corrected chi connectivity index (χ3v) is 6.46. The molecule has 20 heavy (non-hydrogen) atoms. The van der Waals surface area contributed by atoms with Crippen molar-refractivity contribution >= 4 is 0 Å². The Kier molecular flexibility index (Phi) is 6.87. The summed E-state index contributed by atoms with van der Waals surface area (Å²) in [4.78, 5) is 0. The second-order valence-electron chi connectivity index (χ2n) is 7.51. The minimum Gasteiger partial charge on any atom is -0.317 e. The molecule has 0 bridgehead atoms. The molecule has 1 nitrogen and oxygen atoms in total. The highest BCUT2D eigenvalue weighted by Gasteiger charge is 2.36. The van der Waals surface area contributed by atoms with Gasteiger partial charge in [-0.1, -0.05) is 52.9 Å². The lowest BCUT2D eigenvalue weighted by Crippen LogP contribution is -2.38. The van der Waals surface area contributed by atoms with Gasteiger partial charge in [0.25, 0.3) is 0 Å². The Morgan fingerprint density at radius 3 is 2.05 bits per heavy atom. The van der Waals surface area contributed by atoms with Crippen molar-refractivity contribution in [1.29, 1.82) is 0 Å². The summed E-state index contributed by atoms with van der Waals surface area (Å²) in [6.07, 6.45) is 13.4. The van der Waals surface area contributed by atoms with Crippen LogP contribution in [0.25, 0.3) is 0 Å². The van der Waals surface area contributed by atoms with Gasteiger partial charge >= 0.3 is 0 Å².